The summed E-state index contributed by atoms with van der Waals surface area (Å²) in [5.74, 6) is 0.540. The van der Waals surface area contributed by atoms with Crippen LogP contribution in [0.4, 0.5) is 11.6 Å². The summed E-state index contributed by atoms with van der Waals surface area (Å²) in [6, 6.07) is 16.4. The van der Waals surface area contributed by atoms with Gasteiger partial charge in [-0.2, -0.15) is 0 Å². The van der Waals surface area contributed by atoms with Crippen LogP contribution in [0.5, 0.6) is 11.5 Å². The third-order valence-corrected chi connectivity index (χ3v) is 11.5. The van der Waals surface area contributed by atoms with Gasteiger partial charge in [0.1, 0.15) is 42.1 Å². The van der Waals surface area contributed by atoms with Gasteiger partial charge in [-0.05, 0) is 58.9 Å². The summed E-state index contributed by atoms with van der Waals surface area (Å²) in [5.41, 5.74) is 7.68. The van der Waals surface area contributed by atoms with Crippen molar-refractivity contribution in [2.75, 3.05) is 23.5 Å². The summed E-state index contributed by atoms with van der Waals surface area (Å²) in [7, 11) is -7.66. The van der Waals surface area contributed by atoms with E-state index in [0.717, 1.165) is 0 Å². The molecule has 5 atom stereocenters. The molecule has 4 N–H and O–H groups in total. The Balaban J connectivity index is 1.15. The molecule has 0 saturated carbocycles. The number of hydrogen-bond acceptors (Lipinski definition) is 15. The number of nitrogen functional groups attached to an aromatic ring is 1. The quantitative estimate of drug-likeness (QED) is 0.0604. The lowest BCUT2D eigenvalue weighted by Crippen LogP contribution is -2.37. The van der Waals surface area contributed by atoms with E-state index in [2.05, 4.69) is 40.1 Å². The molecule has 2 aromatic carbocycles. The van der Waals surface area contributed by atoms with Crippen molar-refractivity contribution in [3.63, 3.8) is 0 Å². The van der Waals surface area contributed by atoms with E-state index in [1.807, 2.05) is 13.0 Å². The number of esters is 1. The van der Waals surface area contributed by atoms with Crippen LogP contribution in [0.2, 0.25) is 0 Å². The number of nitrogens with two attached hydrogens (primary N) is 1. The molecular weight excluding hydrogens is 776 g/mol. The van der Waals surface area contributed by atoms with Gasteiger partial charge in [0, 0.05) is 0 Å². The first-order valence-electron chi connectivity index (χ1n) is 18.0. The molecule has 0 saturated heterocycles. The molecule has 0 radical (unpaired) electrons. The second kappa shape index (κ2) is 18.2. The summed E-state index contributed by atoms with van der Waals surface area (Å²) in [6.45, 7) is 9.16. The van der Waals surface area contributed by atoms with Gasteiger partial charge < -0.3 is 38.1 Å². The Kier molecular flexibility index (Phi) is 13.2. The highest BCUT2D eigenvalue weighted by Gasteiger charge is 2.33. The maximum atomic E-state index is 14.5. The van der Waals surface area contributed by atoms with Gasteiger partial charge in [0.15, 0.2) is 34.8 Å². The summed E-state index contributed by atoms with van der Waals surface area (Å²) in [4.78, 5) is 38.4. The highest BCUT2D eigenvalue weighted by molar-refractivity contribution is 7.60. The van der Waals surface area contributed by atoms with Crippen LogP contribution >= 0.6 is 15.0 Å². The lowest BCUT2D eigenvalue weighted by Gasteiger charge is -2.25. The molecule has 6 rings (SSSR count). The van der Waals surface area contributed by atoms with Gasteiger partial charge >= 0.3 is 21.0 Å². The SMILES string of the molecule is CC(C)OC(=O)[C@H](C)NP(=O)(CO[C@H](C)Cn1cnc2c(NP(=O)(CO[C@H](C)Cn3cnc4c(N)ncnc43)Oc3ccccc3)ncnc21)Oc1ccccc1. The van der Waals surface area contributed by atoms with Gasteiger partial charge in [0.25, 0.3) is 0 Å². The van der Waals surface area contributed by atoms with Crippen molar-refractivity contribution in [3.05, 3.63) is 86.0 Å². The van der Waals surface area contributed by atoms with Crippen molar-refractivity contribution in [1.82, 2.24) is 44.1 Å². The van der Waals surface area contributed by atoms with Crippen molar-refractivity contribution in [2.45, 2.75) is 72.1 Å². The molecule has 2 unspecified atom stereocenters. The summed E-state index contributed by atoms with van der Waals surface area (Å²) < 4.78 is 61.4. The molecule has 57 heavy (non-hydrogen) atoms. The number of carbonyl (C=O) groups excluding carboxylic acids is 1. The normalized spacial score (nSPS) is 15.4. The zero-order chi connectivity index (χ0) is 40.6. The first kappa shape index (κ1) is 41.2. The lowest BCUT2D eigenvalue weighted by atomic mass is 10.3. The molecule has 0 aliphatic heterocycles. The fourth-order valence-electron chi connectivity index (χ4n) is 5.56. The van der Waals surface area contributed by atoms with Gasteiger partial charge in [-0.15, -0.1) is 0 Å². The van der Waals surface area contributed by atoms with E-state index >= 15 is 0 Å². The number of imidazole rings is 2. The largest absolute Gasteiger partial charge is 0.462 e. The first-order valence-corrected chi connectivity index (χ1v) is 21.7. The number of benzene rings is 2. The van der Waals surface area contributed by atoms with Crippen LogP contribution in [0.15, 0.2) is 86.0 Å². The van der Waals surface area contributed by atoms with Crippen molar-refractivity contribution >= 4 is 55.0 Å². The molecule has 6 aromatic rings. The number of para-hydroxylation sites is 2. The molecule has 0 aliphatic carbocycles. The van der Waals surface area contributed by atoms with E-state index in [-0.39, 0.29) is 37.0 Å². The Hall–Kier alpha value is -5.45. The maximum absolute atomic E-state index is 14.5. The second-order valence-electron chi connectivity index (χ2n) is 13.4. The van der Waals surface area contributed by atoms with E-state index in [1.54, 1.807) is 104 Å². The third-order valence-electron chi connectivity index (χ3n) is 8.16. The van der Waals surface area contributed by atoms with Gasteiger partial charge in [0.2, 0.25) is 0 Å². The molecule has 0 aliphatic rings. The Morgan fingerprint density at radius 1 is 0.702 bits per heavy atom. The number of nitrogens with one attached hydrogen (secondary N) is 2. The number of nitrogens with zero attached hydrogens (tertiary/aromatic N) is 8. The van der Waals surface area contributed by atoms with Crippen molar-refractivity contribution in [2.24, 2.45) is 0 Å². The molecule has 4 heterocycles. The van der Waals surface area contributed by atoms with Gasteiger partial charge in [-0.1, -0.05) is 36.4 Å². The van der Waals surface area contributed by atoms with E-state index in [0.29, 0.717) is 40.4 Å². The van der Waals surface area contributed by atoms with Gasteiger partial charge in [-0.3, -0.25) is 19.0 Å². The number of rotatable bonds is 20. The topological polar surface area (TPSA) is 235 Å². The summed E-state index contributed by atoms with van der Waals surface area (Å²) in [5, 5.41) is 5.76. The molecular formula is C36H45N11O8P2. The third kappa shape index (κ3) is 10.9. The van der Waals surface area contributed by atoms with E-state index in [9.17, 15) is 13.9 Å². The zero-order valence-electron chi connectivity index (χ0n) is 32.0. The van der Waals surface area contributed by atoms with Crippen LogP contribution in [-0.4, -0.2) is 82.1 Å². The minimum absolute atomic E-state index is 0.155. The molecule has 302 valence electrons. The zero-order valence-corrected chi connectivity index (χ0v) is 33.8. The monoisotopic (exact) mass is 821 g/mol. The van der Waals surface area contributed by atoms with Crippen LogP contribution in [-0.2, 0) is 41.2 Å². The Bertz CT molecular complexity index is 2360. The number of fused-ring (bicyclic) bond motifs is 2. The highest BCUT2D eigenvalue weighted by Crippen LogP contribution is 2.48. The van der Waals surface area contributed by atoms with Crippen LogP contribution in [0.1, 0.15) is 34.6 Å². The van der Waals surface area contributed by atoms with Crippen LogP contribution < -0.4 is 25.0 Å². The molecule has 0 amide bonds. The fourth-order valence-corrected chi connectivity index (χ4v) is 8.91. The fraction of sp³-hybridized carbons (Fsp3) is 0.361. The van der Waals surface area contributed by atoms with Crippen LogP contribution in [0, 0.1) is 0 Å². The Morgan fingerprint density at radius 2 is 1.21 bits per heavy atom. The number of carbonyl (C=O) groups is 1. The molecule has 21 heteroatoms. The standard InChI is InChI=1S/C36H45N11O8P2/c1-24(2)53-36(48)27(5)44-56(49,54-28-12-8-6-9-13-28)22-51-26(4)17-47-21-43-31-33(39-19-41-35(31)47)45-57(50,55-29-14-10-7-11-15-29)23-52-25(3)16-46-20-42-30-32(37)38-18-40-34(30)46/h6-15,18-21,24-27H,16-17,22-23H2,1-5H3,(H,44,49)(H2,37,38,40)(H,39,41,45,50)/t25-,26-,27+,56?,57?/m1/s1. The summed E-state index contributed by atoms with van der Waals surface area (Å²) in [6.07, 6.45) is 3.75. The van der Waals surface area contributed by atoms with Crippen LogP contribution in [0.3, 0.4) is 0 Å². The van der Waals surface area contributed by atoms with E-state index < -0.39 is 39.3 Å². The van der Waals surface area contributed by atoms with E-state index in [4.69, 9.17) is 29.0 Å². The van der Waals surface area contributed by atoms with E-state index in [1.165, 1.54) is 12.7 Å². The minimum atomic E-state index is -3.86. The minimum Gasteiger partial charge on any atom is -0.462 e. The Morgan fingerprint density at radius 3 is 1.79 bits per heavy atom. The second-order valence-corrected chi connectivity index (χ2v) is 17.5. The van der Waals surface area contributed by atoms with Gasteiger partial charge in [0.05, 0.1) is 44.1 Å². The number of anilines is 2. The average molecular weight is 822 g/mol. The smallest absolute Gasteiger partial charge is 0.367 e. The number of aromatic nitrogens is 8. The predicted molar refractivity (Wildman–Crippen MR) is 213 cm³/mol. The van der Waals surface area contributed by atoms with Crippen LogP contribution in [0.25, 0.3) is 22.3 Å². The van der Waals surface area contributed by atoms with Crippen molar-refractivity contribution < 1.29 is 37.2 Å². The highest BCUT2D eigenvalue weighted by atomic mass is 31.2. The molecule has 0 bridgehead atoms. The maximum Gasteiger partial charge on any atom is 0.367 e. The first-order chi connectivity index (χ1) is 27.3. The average Bonchev–Trinajstić information content (AvgIpc) is 3.79. The molecule has 0 spiro atoms. The van der Waals surface area contributed by atoms with Gasteiger partial charge in [-0.25, -0.2) is 35.0 Å². The molecule has 0 fully saturated rings. The molecule has 4 aromatic heterocycles. The molecule has 19 nitrogen and oxygen atoms in total. The van der Waals surface area contributed by atoms with Crippen molar-refractivity contribution in [1.29, 1.82) is 0 Å². The predicted octanol–water partition coefficient (Wildman–Crippen LogP) is 5.86. The number of hydrogen-bond donors (Lipinski definition) is 3. The Labute approximate surface area is 328 Å². The summed E-state index contributed by atoms with van der Waals surface area (Å²) >= 11 is 0. The van der Waals surface area contributed by atoms with Crippen molar-refractivity contribution in [3.8, 4) is 11.5 Å². The number of ether oxygens (including phenoxy) is 3. The lowest BCUT2D eigenvalue weighted by molar-refractivity contribution is -0.149.